The van der Waals surface area contributed by atoms with Crippen molar-refractivity contribution in [1.82, 2.24) is 15.0 Å². The molecule has 0 radical (unpaired) electrons. The third-order valence-corrected chi connectivity index (χ3v) is 4.20. The van der Waals surface area contributed by atoms with E-state index >= 15 is 0 Å². The summed E-state index contributed by atoms with van der Waals surface area (Å²) in [5.41, 5.74) is 3.38. The van der Waals surface area contributed by atoms with E-state index in [0.29, 0.717) is 16.5 Å². The highest BCUT2D eigenvalue weighted by molar-refractivity contribution is 6.35. The Labute approximate surface area is 148 Å². The van der Waals surface area contributed by atoms with E-state index in [1.807, 2.05) is 30.5 Å². The summed E-state index contributed by atoms with van der Waals surface area (Å²) in [6, 6.07) is 14.6. The Bertz CT molecular complexity index is 1040. The number of fused-ring (bicyclic) bond motifs is 1. The number of benzene rings is 1. The van der Waals surface area contributed by atoms with E-state index in [-0.39, 0.29) is 5.91 Å². The summed E-state index contributed by atoms with van der Waals surface area (Å²) >= 11 is 6.22. The molecule has 1 amide bonds. The number of hydrogen-bond donors (Lipinski definition) is 2. The van der Waals surface area contributed by atoms with Crippen molar-refractivity contribution in [2.45, 2.75) is 0 Å². The number of aromatic nitrogens is 3. The molecule has 6 heteroatoms. The summed E-state index contributed by atoms with van der Waals surface area (Å²) in [5.74, 6) is 0.315. The molecule has 0 bridgehead atoms. The van der Waals surface area contributed by atoms with Gasteiger partial charge in [0.1, 0.15) is 11.0 Å². The zero-order valence-corrected chi connectivity index (χ0v) is 13.8. The topological polar surface area (TPSA) is 70.7 Å². The van der Waals surface area contributed by atoms with Crippen molar-refractivity contribution in [3.8, 4) is 11.1 Å². The molecular weight excluding hydrogens is 336 g/mol. The summed E-state index contributed by atoms with van der Waals surface area (Å²) in [6.45, 7) is 0. The number of carbonyl (C=O) groups excluding carboxylic acids is 1. The normalized spacial score (nSPS) is 10.8. The van der Waals surface area contributed by atoms with Gasteiger partial charge in [0.15, 0.2) is 0 Å². The molecule has 0 atom stereocenters. The highest BCUT2D eigenvalue weighted by Gasteiger charge is 2.12. The largest absolute Gasteiger partial charge is 0.360 e. The minimum Gasteiger partial charge on any atom is -0.360 e. The van der Waals surface area contributed by atoms with Gasteiger partial charge in [0, 0.05) is 35.1 Å². The average molecular weight is 349 g/mol. The first kappa shape index (κ1) is 15.4. The van der Waals surface area contributed by atoms with Crippen LogP contribution in [0, 0.1) is 0 Å². The number of nitrogens with one attached hydrogen (secondary N) is 2. The summed E-state index contributed by atoms with van der Waals surface area (Å²) in [4.78, 5) is 23.7. The highest BCUT2D eigenvalue weighted by atomic mass is 35.5. The van der Waals surface area contributed by atoms with Crippen molar-refractivity contribution in [2.75, 3.05) is 5.32 Å². The zero-order valence-electron chi connectivity index (χ0n) is 13.0. The van der Waals surface area contributed by atoms with Crippen molar-refractivity contribution < 1.29 is 4.79 Å². The zero-order chi connectivity index (χ0) is 17.2. The molecule has 4 rings (SSSR count). The van der Waals surface area contributed by atoms with Gasteiger partial charge in [0.25, 0.3) is 5.91 Å². The van der Waals surface area contributed by atoms with Crippen LogP contribution in [0.1, 0.15) is 10.4 Å². The molecule has 3 heterocycles. The Balaban J connectivity index is 1.62. The minimum atomic E-state index is -0.205. The van der Waals surface area contributed by atoms with E-state index in [9.17, 15) is 4.79 Å². The van der Waals surface area contributed by atoms with Gasteiger partial charge in [-0.25, -0.2) is 9.97 Å². The number of H-pyrrole nitrogens is 1. The molecule has 122 valence electrons. The van der Waals surface area contributed by atoms with E-state index in [1.54, 1.807) is 36.7 Å². The summed E-state index contributed by atoms with van der Waals surface area (Å²) in [5, 5.41) is 4.08. The third-order valence-electron chi connectivity index (χ3n) is 3.91. The van der Waals surface area contributed by atoms with Gasteiger partial charge in [-0.3, -0.25) is 4.79 Å². The smallest absolute Gasteiger partial charge is 0.256 e. The van der Waals surface area contributed by atoms with Crippen LogP contribution in [0.4, 0.5) is 5.82 Å². The molecule has 4 aromatic rings. The van der Waals surface area contributed by atoms with Crippen molar-refractivity contribution in [3.63, 3.8) is 0 Å². The molecule has 0 saturated carbocycles. The molecule has 0 saturated heterocycles. The van der Waals surface area contributed by atoms with Crippen LogP contribution >= 0.6 is 11.6 Å². The first-order valence-corrected chi connectivity index (χ1v) is 8.04. The molecule has 1 aromatic carbocycles. The Morgan fingerprint density at radius 1 is 1.00 bits per heavy atom. The van der Waals surface area contributed by atoms with Gasteiger partial charge in [-0.2, -0.15) is 0 Å². The number of hydrogen-bond acceptors (Lipinski definition) is 3. The fourth-order valence-electron chi connectivity index (χ4n) is 2.69. The maximum Gasteiger partial charge on any atom is 0.256 e. The lowest BCUT2D eigenvalue weighted by molar-refractivity contribution is 0.102. The van der Waals surface area contributed by atoms with Gasteiger partial charge in [0.05, 0.1) is 5.52 Å². The van der Waals surface area contributed by atoms with Crippen LogP contribution in [0.15, 0.2) is 67.1 Å². The second-order valence-electron chi connectivity index (χ2n) is 5.47. The van der Waals surface area contributed by atoms with E-state index < -0.39 is 0 Å². The number of amides is 1. The molecule has 0 unspecified atom stereocenters. The van der Waals surface area contributed by atoms with Gasteiger partial charge in [0.2, 0.25) is 0 Å². The Hall–Kier alpha value is -3.18. The minimum absolute atomic E-state index is 0.205. The number of anilines is 1. The summed E-state index contributed by atoms with van der Waals surface area (Å²) in [7, 11) is 0. The Morgan fingerprint density at radius 3 is 2.60 bits per heavy atom. The molecule has 0 aliphatic rings. The van der Waals surface area contributed by atoms with Gasteiger partial charge in [-0.15, -0.1) is 0 Å². The fourth-order valence-corrected chi connectivity index (χ4v) is 2.95. The monoisotopic (exact) mass is 348 g/mol. The summed E-state index contributed by atoms with van der Waals surface area (Å²) < 4.78 is 0. The molecule has 0 spiro atoms. The van der Waals surface area contributed by atoms with Crippen molar-refractivity contribution >= 4 is 34.2 Å². The third kappa shape index (κ3) is 2.97. The molecular formula is C19H13ClN4O. The van der Waals surface area contributed by atoms with Crippen molar-refractivity contribution in [1.29, 1.82) is 0 Å². The summed E-state index contributed by atoms with van der Waals surface area (Å²) in [6.07, 6.45) is 5.19. The molecule has 3 aromatic heterocycles. The number of carbonyl (C=O) groups is 1. The number of pyridine rings is 2. The van der Waals surface area contributed by atoms with E-state index in [4.69, 9.17) is 11.6 Å². The lowest BCUT2D eigenvalue weighted by Crippen LogP contribution is -2.12. The first-order valence-electron chi connectivity index (χ1n) is 7.67. The quantitative estimate of drug-likeness (QED) is 0.534. The second-order valence-corrected chi connectivity index (χ2v) is 5.83. The Kier molecular flexibility index (Phi) is 3.91. The molecule has 25 heavy (non-hydrogen) atoms. The lowest BCUT2D eigenvalue weighted by Gasteiger charge is -2.05. The van der Waals surface area contributed by atoms with E-state index in [0.717, 1.165) is 22.0 Å². The molecule has 0 aliphatic carbocycles. The van der Waals surface area contributed by atoms with E-state index in [1.165, 1.54) is 0 Å². The van der Waals surface area contributed by atoms with Crippen LogP contribution in [0.2, 0.25) is 5.15 Å². The van der Waals surface area contributed by atoms with E-state index in [2.05, 4.69) is 20.3 Å². The predicted octanol–water partition coefficient (Wildman–Crippen LogP) is 4.53. The average Bonchev–Trinajstić information content (AvgIpc) is 3.08. The maximum atomic E-state index is 12.3. The molecule has 0 aliphatic heterocycles. The van der Waals surface area contributed by atoms with Crippen LogP contribution < -0.4 is 5.32 Å². The number of halogens is 1. The SMILES string of the molecule is O=C(Nc1ccccn1)c1ccc(-c2c[nH]c3ccnc(Cl)c23)cc1. The van der Waals surface area contributed by atoms with Crippen LogP contribution in [-0.4, -0.2) is 20.9 Å². The van der Waals surface area contributed by atoms with Crippen molar-refractivity contribution in [2.24, 2.45) is 0 Å². The van der Waals surface area contributed by atoms with Gasteiger partial charge in [-0.05, 0) is 35.9 Å². The molecule has 0 fully saturated rings. The van der Waals surface area contributed by atoms with Crippen molar-refractivity contribution in [3.05, 3.63) is 77.8 Å². The van der Waals surface area contributed by atoms with Gasteiger partial charge in [-0.1, -0.05) is 29.8 Å². The standard InChI is InChI=1S/C19H13ClN4O/c20-18-17-14(11-23-15(17)8-10-22-18)12-4-6-13(7-5-12)19(25)24-16-3-1-2-9-21-16/h1-11,23H,(H,21,24,25). The number of aromatic amines is 1. The van der Waals surface area contributed by atoms with Crippen LogP contribution in [0.25, 0.3) is 22.0 Å². The predicted molar refractivity (Wildman–Crippen MR) is 98.7 cm³/mol. The second kappa shape index (κ2) is 6.37. The van der Waals surface area contributed by atoms with Crippen LogP contribution in [0.5, 0.6) is 0 Å². The fraction of sp³-hybridized carbons (Fsp3) is 0. The highest BCUT2D eigenvalue weighted by Crippen LogP contribution is 2.32. The number of rotatable bonds is 3. The number of nitrogens with zero attached hydrogens (tertiary/aromatic N) is 2. The Morgan fingerprint density at radius 2 is 1.84 bits per heavy atom. The molecule has 5 nitrogen and oxygen atoms in total. The van der Waals surface area contributed by atoms with Crippen LogP contribution in [0.3, 0.4) is 0 Å². The maximum absolute atomic E-state index is 12.3. The van der Waals surface area contributed by atoms with Gasteiger partial charge >= 0.3 is 0 Å². The molecule has 2 N–H and O–H groups in total. The van der Waals surface area contributed by atoms with Gasteiger partial charge < -0.3 is 10.3 Å². The van der Waals surface area contributed by atoms with Crippen LogP contribution in [-0.2, 0) is 0 Å². The lowest BCUT2D eigenvalue weighted by atomic mass is 10.0. The first-order chi connectivity index (χ1) is 12.2.